The molecule has 2 N–H and O–H groups in total. The number of rotatable bonds is 7. The highest BCUT2D eigenvalue weighted by molar-refractivity contribution is 7.99. The summed E-state index contributed by atoms with van der Waals surface area (Å²) in [6.07, 6.45) is 2.92. The van der Waals surface area contributed by atoms with Crippen LogP contribution in [0.1, 0.15) is 5.56 Å². The number of carbonyl (C=O) groups excluding carboxylic acids is 1. The third-order valence-corrected chi connectivity index (χ3v) is 3.98. The average Bonchev–Trinajstić information content (AvgIpc) is 3.15. The van der Waals surface area contributed by atoms with Crippen molar-refractivity contribution >= 4 is 17.7 Å². The normalized spacial score (nSPS) is 10.4. The SMILES string of the molecule is O=C(CSc1ncn[nH]1)NCc1cccnc1Oc1ccccc1F. The number of nitrogens with one attached hydrogen (secondary N) is 2. The van der Waals surface area contributed by atoms with Gasteiger partial charge in [0.1, 0.15) is 6.33 Å². The summed E-state index contributed by atoms with van der Waals surface area (Å²) in [7, 11) is 0. The lowest BCUT2D eigenvalue weighted by molar-refractivity contribution is -0.118. The molecule has 0 atom stereocenters. The number of thioether (sulfide) groups is 1. The Kier molecular flexibility index (Phi) is 5.57. The van der Waals surface area contributed by atoms with Gasteiger partial charge in [0, 0.05) is 18.3 Å². The fourth-order valence-electron chi connectivity index (χ4n) is 1.92. The number of hydrogen-bond donors (Lipinski definition) is 2. The molecule has 1 aromatic carbocycles. The molecule has 128 valence electrons. The van der Waals surface area contributed by atoms with Crippen molar-refractivity contribution in [3.63, 3.8) is 0 Å². The number of aromatic amines is 1. The molecule has 0 unspecified atom stereocenters. The summed E-state index contributed by atoms with van der Waals surface area (Å²) >= 11 is 1.24. The Hall–Kier alpha value is -2.94. The van der Waals surface area contributed by atoms with Crippen molar-refractivity contribution < 1.29 is 13.9 Å². The van der Waals surface area contributed by atoms with E-state index in [1.807, 2.05) is 0 Å². The van der Waals surface area contributed by atoms with Crippen molar-refractivity contribution in [3.8, 4) is 11.6 Å². The molecule has 0 aliphatic carbocycles. The van der Waals surface area contributed by atoms with Gasteiger partial charge in [-0.25, -0.2) is 14.4 Å². The van der Waals surface area contributed by atoms with Crippen molar-refractivity contribution in [2.45, 2.75) is 11.7 Å². The Balaban J connectivity index is 1.59. The van der Waals surface area contributed by atoms with E-state index in [1.54, 1.807) is 30.5 Å². The van der Waals surface area contributed by atoms with Crippen molar-refractivity contribution in [3.05, 3.63) is 60.3 Å². The van der Waals surface area contributed by atoms with Gasteiger partial charge in [0.2, 0.25) is 11.8 Å². The van der Waals surface area contributed by atoms with Crippen LogP contribution in [-0.4, -0.2) is 31.8 Å². The van der Waals surface area contributed by atoms with Gasteiger partial charge in [-0.3, -0.25) is 9.89 Å². The maximum Gasteiger partial charge on any atom is 0.230 e. The number of benzene rings is 1. The molecule has 0 saturated carbocycles. The Morgan fingerprint density at radius 1 is 1.24 bits per heavy atom. The molecular weight excluding hydrogens is 345 g/mol. The summed E-state index contributed by atoms with van der Waals surface area (Å²) in [4.78, 5) is 20.0. The molecule has 1 amide bonds. The van der Waals surface area contributed by atoms with E-state index < -0.39 is 5.82 Å². The summed E-state index contributed by atoms with van der Waals surface area (Å²) in [6.45, 7) is 0.216. The summed E-state index contributed by atoms with van der Waals surface area (Å²) in [5, 5.41) is 9.71. The molecule has 2 aromatic heterocycles. The van der Waals surface area contributed by atoms with Crippen LogP contribution in [0.3, 0.4) is 0 Å². The average molecular weight is 359 g/mol. The lowest BCUT2D eigenvalue weighted by atomic mass is 10.2. The lowest BCUT2D eigenvalue weighted by Crippen LogP contribution is -2.25. The minimum Gasteiger partial charge on any atom is -0.436 e. The van der Waals surface area contributed by atoms with E-state index in [2.05, 4.69) is 25.5 Å². The third-order valence-electron chi connectivity index (χ3n) is 3.10. The smallest absolute Gasteiger partial charge is 0.230 e. The van der Waals surface area contributed by atoms with Gasteiger partial charge in [-0.2, -0.15) is 5.10 Å². The van der Waals surface area contributed by atoms with Crippen molar-refractivity contribution in [2.75, 3.05) is 5.75 Å². The quantitative estimate of drug-likeness (QED) is 0.630. The van der Waals surface area contributed by atoms with Crippen LogP contribution < -0.4 is 10.1 Å². The number of amides is 1. The number of H-pyrrole nitrogens is 1. The van der Waals surface area contributed by atoms with Crippen LogP contribution in [0.15, 0.2) is 54.1 Å². The highest BCUT2D eigenvalue weighted by Crippen LogP contribution is 2.25. The minimum atomic E-state index is -0.480. The molecule has 3 aromatic rings. The van der Waals surface area contributed by atoms with E-state index in [0.717, 1.165) is 0 Å². The lowest BCUT2D eigenvalue weighted by Gasteiger charge is -2.11. The molecule has 25 heavy (non-hydrogen) atoms. The Morgan fingerprint density at radius 2 is 2.12 bits per heavy atom. The first-order valence-electron chi connectivity index (χ1n) is 7.33. The summed E-state index contributed by atoms with van der Waals surface area (Å²) < 4.78 is 19.2. The van der Waals surface area contributed by atoms with Gasteiger partial charge in [-0.1, -0.05) is 30.0 Å². The maximum atomic E-state index is 13.7. The summed E-state index contributed by atoms with van der Waals surface area (Å²) in [5.74, 6) is -0.141. The second-order valence-corrected chi connectivity index (χ2v) is 5.82. The van der Waals surface area contributed by atoms with Crippen LogP contribution in [-0.2, 0) is 11.3 Å². The van der Waals surface area contributed by atoms with Gasteiger partial charge >= 0.3 is 0 Å². The van der Waals surface area contributed by atoms with E-state index in [1.165, 1.54) is 30.2 Å². The molecule has 0 saturated heterocycles. The molecule has 0 aliphatic rings. The van der Waals surface area contributed by atoms with Crippen molar-refractivity contribution in [1.82, 2.24) is 25.5 Å². The molecule has 0 fully saturated rings. The van der Waals surface area contributed by atoms with Gasteiger partial charge < -0.3 is 10.1 Å². The van der Waals surface area contributed by atoms with E-state index in [4.69, 9.17) is 4.74 Å². The molecule has 0 bridgehead atoms. The van der Waals surface area contributed by atoms with E-state index in [9.17, 15) is 9.18 Å². The number of carbonyl (C=O) groups is 1. The van der Waals surface area contributed by atoms with E-state index >= 15 is 0 Å². The molecule has 0 aliphatic heterocycles. The van der Waals surface area contributed by atoms with Crippen LogP contribution in [0.2, 0.25) is 0 Å². The van der Waals surface area contributed by atoms with Crippen LogP contribution in [0.25, 0.3) is 0 Å². The summed E-state index contributed by atoms with van der Waals surface area (Å²) in [6, 6.07) is 9.55. The molecule has 9 heteroatoms. The predicted octanol–water partition coefficient (Wildman–Crippen LogP) is 2.54. The van der Waals surface area contributed by atoms with Crippen LogP contribution in [0, 0.1) is 5.82 Å². The number of ether oxygens (including phenoxy) is 1. The second kappa shape index (κ2) is 8.25. The zero-order chi connectivity index (χ0) is 17.5. The first-order chi connectivity index (χ1) is 12.2. The number of hydrogen-bond acceptors (Lipinski definition) is 6. The molecule has 0 spiro atoms. The Bertz CT molecular complexity index is 844. The van der Waals surface area contributed by atoms with Crippen molar-refractivity contribution in [2.24, 2.45) is 0 Å². The van der Waals surface area contributed by atoms with Crippen LogP contribution in [0.5, 0.6) is 11.6 Å². The Morgan fingerprint density at radius 3 is 2.92 bits per heavy atom. The van der Waals surface area contributed by atoms with Gasteiger partial charge in [-0.05, 0) is 18.2 Å². The number of halogens is 1. The minimum absolute atomic E-state index is 0.0784. The van der Waals surface area contributed by atoms with Gasteiger partial charge in [0.05, 0.1) is 5.75 Å². The topological polar surface area (TPSA) is 92.8 Å². The number of nitrogens with zero attached hydrogens (tertiary/aromatic N) is 3. The zero-order valence-corrected chi connectivity index (χ0v) is 13.8. The largest absolute Gasteiger partial charge is 0.436 e. The van der Waals surface area contributed by atoms with E-state index in [-0.39, 0.29) is 29.8 Å². The monoisotopic (exact) mass is 359 g/mol. The standard InChI is InChI=1S/C16H14FN5O2S/c17-12-5-1-2-6-13(12)24-15-11(4-3-7-18-15)8-19-14(23)9-25-16-20-10-21-22-16/h1-7,10H,8-9H2,(H,19,23)(H,20,21,22). The van der Waals surface area contributed by atoms with Crippen LogP contribution in [0.4, 0.5) is 4.39 Å². The Labute approximate surface area is 147 Å². The number of pyridine rings is 1. The highest BCUT2D eigenvalue weighted by atomic mass is 32.2. The fourth-order valence-corrected chi connectivity index (χ4v) is 2.53. The first-order valence-corrected chi connectivity index (χ1v) is 8.32. The highest BCUT2D eigenvalue weighted by Gasteiger charge is 2.11. The second-order valence-electron chi connectivity index (χ2n) is 4.86. The zero-order valence-electron chi connectivity index (χ0n) is 13.0. The molecule has 2 heterocycles. The molecular formula is C16H14FN5O2S. The van der Waals surface area contributed by atoms with Crippen molar-refractivity contribution in [1.29, 1.82) is 0 Å². The number of aromatic nitrogens is 4. The molecule has 3 rings (SSSR count). The van der Waals surface area contributed by atoms with E-state index in [0.29, 0.717) is 10.7 Å². The van der Waals surface area contributed by atoms with Crippen LogP contribution >= 0.6 is 11.8 Å². The fraction of sp³-hybridized carbons (Fsp3) is 0.125. The predicted molar refractivity (Wildman–Crippen MR) is 89.7 cm³/mol. The number of para-hydroxylation sites is 1. The van der Waals surface area contributed by atoms with Gasteiger partial charge in [0.15, 0.2) is 16.7 Å². The summed E-state index contributed by atoms with van der Waals surface area (Å²) in [5.41, 5.74) is 0.642. The molecule has 7 nitrogen and oxygen atoms in total. The van der Waals surface area contributed by atoms with Gasteiger partial charge in [0.25, 0.3) is 0 Å². The van der Waals surface area contributed by atoms with Gasteiger partial charge in [-0.15, -0.1) is 0 Å². The third kappa shape index (κ3) is 4.77. The first kappa shape index (κ1) is 16.9. The molecule has 0 radical (unpaired) electrons. The maximum absolute atomic E-state index is 13.7.